The highest BCUT2D eigenvalue weighted by atomic mass is 35.5. The number of rotatable bonds is 1. The largest absolute Gasteiger partial charge is 0.382 e. The van der Waals surface area contributed by atoms with Gasteiger partial charge in [-0.3, -0.25) is 4.99 Å². The van der Waals surface area contributed by atoms with E-state index in [1.54, 1.807) is 0 Å². The van der Waals surface area contributed by atoms with E-state index in [-0.39, 0.29) is 5.50 Å². The van der Waals surface area contributed by atoms with Crippen molar-refractivity contribution in [3.05, 3.63) is 29.3 Å². The summed E-state index contributed by atoms with van der Waals surface area (Å²) in [5.74, 6) is 0.890. The molecule has 1 aromatic rings. The highest BCUT2D eigenvalue weighted by molar-refractivity contribution is 6.21. The van der Waals surface area contributed by atoms with Crippen molar-refractivity contribution in [2.45, 2.75) is 44.1 Å². The molecule has 3 rings (SSSR count). The minimum Gasteiger partial charge on any atom is -0.382 e. The lowest BCUT2D eigenvalue weighted by Crippen LogP contribution is -2.23. The predicted octanol–water partition coefficient (Wildman–Crippen LogP) is 3.80. The van der Waals surface area contributed by atoms with Crippen LogP contribution in [0.15, 0.2) is 23.2 Å². The van der Waals surface area contributed by atoms with Crippen molar-refractivity contribution < 1.29 is 0 Å². The molecule has 2 aliphatic rings. The van der Waals surface area contributed by atoms with Gasteiger partial charge in [0, 0.05) is 23.9 Å². The molecule has 0 spiro atoms. The van der Waals surface area contributed by atoms with Crippen LogP contribution in [-0.2, 0) is 6.42 Å². The maximum atomic E-state index is 6.37. The first-order valence-corrected chi connectivity index (χ1v) is 7.14. The summed E-state index contributed by atoms with van der Waals surface area (Å²) >= 11 is 6.37. The molecular formula is C15H19ClN2. The zero-order valence-corrected chi connectivity index (χ0v) is 11.6. The number of aliphatic imine (C=N–C) groups is 1. The minimum absolute atomic E-state index is 0.120. The summed E-state index contributed by atoms with van der Waals surface area (Å²) in [6, 6.07) is 7.30. The Morgan fingerprint density at radius 2 is 2.17 bits per heavy atom. The molecule has 0 saturated heterocycles. The molecule has 3 heteroatoms. The third-order valence-corrected chi connectivity index (χ3v) is 4.47. The van der Waals surface area contributed by atoms with Crippen LogP contribution in [0.2, 0.25) is 0 Å². The van der Waals surface area contributed by atoms with Gasteiger partial charge in [0.05, 0.1) is 0 Å². The van der Waals surface area contributed by atoms with Crippen LogP contribution in [-0.4, -0.2) is 17.8 Å². The fourth-order valence-electron chi connectivity index (χ4n) is 3.09. The van der Waals surface area contributed by atoms with Gasteiger partial charge in [0.25, 0.3) is 0 Å². The zero-order valence-electron chi connectivity index (χ0n) is 10.9. The highest BCUT2D eigenvalue weighted by Gasteiger charge is 2.30. The van der Waals surface area contributed by atoms with Crippen molar-refractivity contribution in [1.29, 1.82) is 0 Å². The molecule has 1 N–H and O–H groups in total. The van der Waals surface area contributed by atoms with Crippen molar-refractivity contribution in [2.24, 2.45) is 10.9 Å². The Morgan fingerprint density at radius 3 is 2.94 bits per heavy atom. The molecule has 0 bridgehead atoms. The molecule has 0 amide bonds. The lowest BCUT2D eigenvalue weighted by molar-refractivity contribution is 0.445. The molecular weight excluding hydrogens is 244 g/mol. The van der Waals surface area contributed by atoms with E-state index in [4.69, 9.17) is 11.6 Å². The average molecular weight is 263 g/mol. The first-order valence-electron chi connectivity index (χ1n) is 6.70. The zero-order chi connectivity index (χ0) is 12.7. The number of fused-ring (bicyclic) bond motifs is 1. The first-order chi connectivity index (χ1) is 8.65. The summed E-state index contributed by atoms with van der Waals surface area (Å²) in [6.07, 6.45) is 4.11. The van der Waals surface area contributed by atoms with Crippen molar-refractivity contribution >= 4 is 23.5 Å². The molecule has 4 atom stereocenters. The second-order valence-corrected chi connectivity index (χ2v) is 6.06. The second-order valence-electron chi connectivity index (χ2n) is 5.61. The third-order valence-electron chi connectivity index (χ3n) is 4.08. The molecule has 1 aromatic carbocycles. The van der Waals surface area contributed by atoms with Crippen LogP contribution >= 0.6 is 11.6 Å². The maximum Gasteiger partial charge on any atom is 0.130 e. The van der Waals surface area contributed by atoms with Crippen LogP contribution in [0.4, 0.5) is 5.69 Å². The van der Waals surface area contributed by atoms with Crippen LogP contribution in [0.25, 0.3) is 0 Å². The van der Waals surface area contributed by atoms with Crippen LogP contribution in [0, 0.1) is 5.92 Å². The Kier molecular flexibility index (Phi) is 3.06. The van der Waals surface area contributed by atoms with Crippen molar-refractivity contribution in [3.63, 3.8) is 0 Å². The van der Waals surface area contributed by atoms with Gasteiger partial charge in [0.1, 0.15) is 5.50 Å². The molecule has 0 aromatic heterocycles. The fourth-order valence-corrected chi connectivity index (χ4v) is 3.56. The van der Waals surface area contributed by atoms with Gasteiger partial charge in [-0.05, 0) is 42.9 Å². The molecule has 2 aliphatic heterocycles. The topological polar surface area (TPSA) is 24.4 Å². The number of hydrogen-bond donors (Lipinski definition) is 1. The molecule has 4 unspecified atom stereocenters. The summed E-state index contributed by atoms with van der Waals surface area (Å²) in [4.78, 5) is 4.37. The molecule has 96 valence electrons. The van der Waals surface area contributed by atoms with Gasteiger partial charge in [0.15, 0.2) is 0 Å². The number of benzene rings is 1. The monoisotopic (exact) mass is 262 g/mol. The van der Waals surface area contributed by atoms with Crippen molar-refractivity contribution in [2.75, 3.05) is 5.32 Å². The highest BCUT2D eigenvalue weighted by Crippen LogP contribution is 2.38. The number of alkyl halides is 1. The normalized spacial score (nSPS) is 34.2. The van der Waals surface area contributed by atoms with Crippen LogP contribution < -0.4 is 5.32 Å². The number of hydrogen-bond acceptors (Lipinski definition) is 2. The molecule has 0 fully saturated rings. The van der Waals surface area contributed by atoms with E-state index >= 15 is 0 Å². The maximum absolute atomic E-state index is 6.37. The number of nitrogens with one attached hydrogen (secondary N) is 1. The van der Waals surface area contributed by atoms with E-state index in [2.05, 4.69) is 42.4 Å². The van der Waals surface area contributed by atoms with Gasteiger partial charge in [-0.25, -0.2) is 0 Å². The van der Waals surface area contributed by atoms with E-state index in [1.807, 2.05) is 6.21 Å². The summed E-state index contributed by atoms with van der Waals surface area (Å²) in [7, 11) is 0. The van der Waals surface area contributed by atoms with Crippen LogP contribution in [0.1, 0.15) is 37.3 Å². The summed E-state index contributed by atoms with van der Waals surface area (Å²) in [5, 5.41) is 3.52. The van der Waals surface area contributed by atoms with E-state index < -0.39 is 0 Å². The lowest BCUT2D eigenvalue weighted by Gasteiger charge is -2.29. The number of nitrogens with zero attached hydrogens (tertiary/aromatic N) is 1. The smallest absolute Gasteiger partial charge is 0.130 e. The van der Waals surface area contributed by atoms with Gasteiger partial charge in [-0.1, -0.05) is 30.7 Å². The summed E-state index contributed by atoms with van der Waals surface area (Å²) < 4.78 is 0. The van der Waals surface area contributed by atoms with Gasteiger partial charge >= 0.3 is 0 Å². The molecule has 2 nitrogen and oxygen atoms in total. The van der Waals surface area contributed by atoms with Gasteiger partial charge < -0.3 is 5.32 Å². The molecule has 0 radical (unpaired) electrons. The molecule has 0 saturated carbocycles. The molecule has 2 heterocycles. The Balaban J connectivity index is 1.93. The summed E-state index contributed by atoms with van der Waals surface area (Å²) in [6.45, 7) is 4.48. The summed E-state index contributed by atoms with van der Waals surface area (Å²) in [5.41, 5.74) is 3.90. The average Bonchev–Trinajstić information content (AvgIpc) is 2.68. The Morgan fingerprint density at radius 1 is 1.33 bits per heavy atom. The lowest BCUT2D eigenvalue weighted by atomic mass is 9.83. The van der Waals surface area contributed by atoms with Crippen LogP contribution in [0.3, 0.4) is 0 Å². The van der Waals surface area contributed by atoms with E-state index in [9.17, 15) is 0 Å². The standard InChI is InChI=1S/C15H19ClN2/c1-9-5-6-17-15(16)14(9)12-4-3-11-7-10(2)18-13(11)8-12/h3-4,6,8-10,14-15,18H,5,7H2,1-2H3. The van der Waals surface area contributed by atoms with Crippen molar-refractivity contribution in [3.8, 4) is 0 Å². The van der Waals surface area contributed by atoms with Gasteiger partial charge in [0.2, 0.25) is 0 Å². The number of halogens is 1. The Bertz CT molecular complexity index is 483. The predicted molar refractivity (Wildman–Crippen MR) is 77.9 cm³/mol. The SMILES string of the molecule is CC1Cc2ccc(C3C(C)CC=NC3Cl)cc2N1. The minimum atomic E-state index is -0.120. The Labute approximate surface area is 113 Å². The van der Waals surface area contributed by atoms with Crippen LogP contribution in [0.5, 0.6) is 0 Å². The molecule has 18 heavy (non-hydrogen) atoms. The molecule has 0 aliphatic carbocycles. The van der Waals surface area contributed by atoms with Crippen molar-refractivity contribution in [1.82, 2.24) is 0 Å². The van der Waals surface area contributed by atoms with Gasteiger partial charge in [-0.15, -0.1) is 0 Å². The fraction of sp³-hybridized carbons (Fsp3) is 0.533. The van der Waals surface area contributed by atoms with E-state index in [0.717, 1.165) is 12.8 Å². The first kappa shape index (κ1) is 12.0. The van der Waals surface area contributed by atoms with E-state index in [1.165, 1.54) is 16.8 Å². The number of anilines is 1. The van der Waals surface area contributed by atoms with E-state index in [0.29, 0.717) is 17.9 Å². The van der Waals surface area contributed by atoms with Gasteiger partial charge in [-0.2, -0.15) is 0 Å². The third kappa shape index (κ3) is 2.03. The second kappa shape index (κ2) is 4.58. The Hall–Kier alpha value is -1.02. The quantitative estimate of drug-likeness (QED) is 0.604.